The summed E-state index contributed by atoms with van der Waals surface area (Å²) in [5.41, 5.74) is 1.17. The van der Waals surface area contributed by atoms with Crippen LogP contribution in [0.2, 0.25) is 0 Å². The highest BCUT2D eigenvalue weighted by molar-refractivity contribution is 5.95. The van der Waals surface area contributed by atoms with E-state index >= 15 is 0 Å². The minimum Gasteiger partial charge on any atom is -0.423 e. The molecule has 0 atom stereocenters. The smallest absolute Gasteiger partial charge is 0.362 e. The highest BCUT2D eigenvalue weighted by atomic mass is 16.5. The standard InChI is InChI=1S/C23H17NO6/c1-14(25)16-3-8-19(9-4-16)29-22(27)18-7-12-21(24-13-18)23(28)30-20-10-5-17(6-11-20)15(2)26/h3-13H,1-2H3. The molecule has 0 radical (unpaired) electrons. The summed E-state index contributed by atoms with van der Waals surface area (Å²) in [6.07, 6.45) is 1.21. The van der Waals surface area contributed by atoms with Crippen molar-refractivity contribution in [2.24, 2.45) is 0 Å². The predicted molar refractivity (Wildman–Crippen MR) is 107 cm³/mol. The molecule has 3 rings (SSSR count). The first-order valence-corrected chi connectivity index (χ1v) is 8.96. The lowest BCUT2D eigenvalue weighted by molar-refractivity contribution is 0.0715. The Kier molecular flexibility index (Phi) is 6.12. The van der Waals surface area contributed by atoms with Crippen molar-refractivity contribution in [2.75, 3.05) is 0 Å². The lowest BCUT2D eigenvalue weighted by atomic mass is 10.1. The molecule has 0 spiro atoms. The van der Waals surface area contributed by atoms with E-state index in [-0.39, 0.29) is 34.3 Å². The molecule has 7 heteroatoms. The zero-order chi connectivity index (χ0) is 21.7. The fourth-order valence-corrected chi connectivity index (χ4v) is 2.48. The van der Waals surface area contributed by atoms with Gasteiger partial charge in [-0.2, -0.15) is 0 Å². The van der Waals surface area contributed by atoms with E-state index in [1.165, 1.54) is 56.4 Å². The number of esters is 2. The molecule has 0 aliphatic heterocycles. The fraction of sp³-hybridized carbons (Fsp3) is 0.0870. The van der Waals surface area contributed by atoms with Crippen LogP contribution in [0.1, 0.15) is 55.4 Å². The number of hydrogen-bond acceptors (Lipinski definition) is 7. The van der Waals surface area contributed by atoms with E-state index in [1.54, 1.807) is 24.3 Å². The number of pyridine rings is 1. The van der Waals surface area contributed by atoms with Gasteiger partial charge in [-0.1, -0.05) is 0 Å². The van der Waals surface area contributed by atoms with Crippen molar-refractivity contribution < 1.29 is 28.7 Å². The molecular weight excluding hydrogens is 386 g/mol. The van der Waals surface area contributed by atoms with Gasteiger partial charge in [-0.3, -0.25) is 9.59 Å². The van der Waals surface area contributed by atoms with Gasteiger partial charge in [0.1, 0.15) is 17.2 Å². The van der Waals surface area contributed by atoms with E-state index in [0.29, 0.717) is 11.1 Å². The summed E-state index contributed by atoms with van der Waals surface area (Å²) in [5, 5.41) is 0. The van der Waals surface area contributed by atoms with Crippen molar-refractivity contribution in [3.05, 3.63) is 89.2 Å². The maximum atomic E-state index is 12.2. The maximum Gasteiger partial charge on any atom is 0.362 e. The second-order valence-electron chi connectivity index (χ2n) is 6.37. The molecular formula is C23H17NO6. The number of aromatic nitrogens is 1. The Labute approximate surface area is 172 Å². The second-order valence-corrected chi connectivity index (χ2v) is 6.37. The Hall–Kier alpha value is -4.13. The van der Waals surface area contributed by atoms with E-state index in [4.69, 9.17) is 9.47 Å². The van der Waals surface area contributed by atoms with Crippen LogP contribution >= 0.6 is 0 Å². The first-order valence-electron chi connectivity index (χ1n) is 8.96. The Morgan fingerprint density at radius 2 is 1.03 bits per heavy atom. The number of rotatable bonds is 6. The van der Waals surface area contributed by atoms with Gasteiger partial charge in [-0.25, -0.2) is 14.6 Å². The third-order valence-electron chi connectivity index (χ3n) is 4.15. The van der Waals surface area contributed by atoms with Crippen molar-refractivity contribution in [3.63, 3.8) is 0 Å². The normalized spacial score (nSPS) is 10.2. The van der Waals surface area contributed by atoms with Crippen LogP contribution in [0.3, 0.4) is 0 Å². The summed E-state index contributed by atoms with van der Waals surface area (Å²) >= 11 is 0. The molecule has 1 aromatic heterocycles. The summed E-state index contributed by atoms with van der Waals surface area (Å²) < 4.78 is 10.4. The summed E-state index contributed by atoms with van der Waals surface area (Å²) in [7, 11) is 0. The number of nitrogens with zero attached hydrogens (tertiary/aromatic N) is 1. The van der Waals surface area contributed by atoms with Crippen LogP contribution in [0, 0.1) is 0 Å². The summed E-state index contributed by atoms with van der Waals surface area (Å²) in [6, 6.07) is 15.0. The highest BCUT2D eigenvalue weighted by Crippen LogP contribution is 2.16. The predicted octanol–water partition coefficient (Wildman–Crippen LogP) is 3.93. The van der Waals surface area contributed by atoms with E-state index in [9.17, 15) is 19.2 Å². The summed E-state index contributed by atoms with van der Waals surface area (Å²) in [6.45, 7) is 2.89. The Morgan fingerprint density at radius 1 is 0.600 bits per heavy atom. The van der Waals surface area contributed by atoms with Crippen LogP contribution in [0.15, 0.2) is 66.9 Å². The average Bonchev–Trinajstić information content (AvgIpc) is 2.74. The van der Waals surface area contributed by atoms with Crippen molar-refractivity contribution in [1.29, 1.82) is 0 Å². The van der Waals surface area contributed by atoms with Crippen molar-refractivity contribution in [1.82, 2.24) is 4.98 Å². The van der Waals surface area contributed by atoms with Crippen LogP contribution in [-0.2, 0) is 0 Å². The topological polar surface area (TPSA) is 99.6 Å². The molecule has 0 aliphatic rings. The minimum absolute atomic E-state index is 0.00741. The van der Waals surface area contributed by atoms with Gasteiger partial charge in [0, 0.05) is 17.3 Å². The Balaban J connectivity index is 1.63. The molecule has 150 valence electrons. The maximum absolute atomic E-state index is 12.2. The van der Waals surface area contributed by atoms with Gasteiger partial charge in [0.25, 0.3) is 0 Å². The number of Topliss-reactive ketones (excluding diaryl/α,β-unsaturated/α-hetero) is 2. The van der Waals surface area contributed by atoms with Crippen molar-refractivity contribution in [2.45, 2.75) is 13.8 Å². The molecule has 0 aliphatic carbocycles. The SMILES string of the molecule is CC(=O)c1ccc(OC(=O)c2ccc(C(=O)Oc3ccc(C(C)=O)cc3)nc2)cc1. The van der Waals surface area contributed by atoms with Gasteiger partial charge >= 0.3 is 11.9 Å². The van der Waals surface area contributed by atoms with Crippen LogP contribution in [-0.4, -0.2) is 28.5 Å². The largest absolute Gasteiger partial charge is 0.423 e. The van der Waals surface area contributed by atoms with E-state index in [1.807, 2.05) is 0 Å². The van der Waals surface area contributed by atoms with E-state index in [2.05, 4.69) is 4.98 Å². The Morgan fingerprint density at radius 3 is 1.43 bits per heavy atom. The molecule has 30 heavy (non-hydrogen) atoms. The quantitative estimate of drug-likeness (QED) is 0.349. The van der Waals surface area contributed by atoms with Crippen LogP contribution in [0.4, 0.5) is 0 Å². The molecule has 1 heterocycles. The Bertz CT molecular complexity index is 1010. The molecule has 2 aromatic carbocycles. The number of ether oxygens (including phenoxy) is 2. The number of carbonyl (C=O) groups excluding carboxylic acids is 4. The third-order valence-corrected chi connectivity index (χ3v) is 4.15. The minimum atomic E-state index is -0.703. The third kappa shape index (κ3) is 5.02. The first kappa shape index (κ1) is 20.6. The van der Waals surface area contributed by atoms with Crippen LogP contribution in [0.5, 0.6) is 11.5 Å². The molecule has 0 saturated heterocycles. The van der Waals surface area contributed by atoms with Crippen molar-refractivity contribution in [3.8, 4) is 11.5 Å². The van der Waals surface area contributed by atoms with E-state index in [0.717, 1.165) is 0 Å². The number of hydrogen-bond donors (Lipinski definition) is 0. The zero-order valence-corrected chi connectivity index (χ0v) is 16.2. The molecule has 3 aromatic rings. The van der Waals surface area contributed by atoms with Crippen LogP contribution in [0.25, 0.3) is 0 Å². The monoisotopic (exact) mass is 403 g/mol. The van der Waals surface area contributed by atoms with Crippen molar-refractivity contribution >= 4 is 23.5 Å². The number of benzene rings is 2. The molecule has 0 unspecified atom stereocenters. The van der Waals surface area contributed by atoms with Gasteiger partial charge in [-0.05, 0) is 74.5 Å². The van der Waals surface area contributed by atoms with Gasteiger partial charge in [0.05, 0.1) is 5.56 Å². The van der Waals surface area contributed by atoms with E-state index < -0.39 is 11.9 Å². The van der Waals surface area contributed by atoms with Gasteiger partial charge in [0.2, 0.25) is 0 Å². The summed E-state index contributed by atoms with van der Waals surface area (Å²) in [4.78, 5) is 50.9. The molecule has 0 N–H and O–H groups in total. The first-order chi connectivity index (χ1) is 14.3. The second kappa shape index (κ2) is 8.91. The van der Waals surface area contributed by atoms with Gasteiger partial charge < -0.3 is 9.47 Å². The highest BCUT2D eigenvalue weighted by Gasteiger charge is 2.14. The number of ketones is 2. The fourth-order valence-electron chi connectivity index (χ4n) is 2.48. The lowest BCUT2D eigenvalue weighted by Crippen LogP contribution is -2.13. The molecule has 7 nitrogen and oxygen atoms in total. The van der Waals surface area contributed by atoms with Gasteiger partial charge in [0.15, 0.2) is 11.6 Å². The number of carbonyl (C=O) groups is 4. The molecule has 0 amide bonds. The average molecular weight is 403 g/mol. The van der Waals surface area contributed by atoms with Crippen LogP contribution < -0.4 is 9.47 Å². The molecule has 0 saturated carbocycles. The van der Waals surface area contributed by atoms with Gasteiger partial charge in [-0.15, -0.1) is 0 Å². The molecule has 0 fully saturated rings. The molecule has 0 bridgehead atoms. The lowest BCUT2D eigenvalue weighted by Gasteiger charge is -2.06. The zero-order valence-electron chi connectivity index (χ0n) is 16.2. The summed E-state index contributed by atoms with van der Waals surface area (Å²) in [5.74, 6) is -0.990.